The molecule has 0 radical (unpaired) electrons. The summed E-state index contributed by atoms with van der Waals surface area (Å²) in [6.07, 6.45) is 0. The summed E-state index contributed by atoms with van der Waals surface area (Å²) in [5.74, 6) is 0.698. The molecule has 0 atom stereocenters. The molecule has 2 heteroatoms. The van der Waals surface area contributed by atoms with Crippen LogP contribution in [0.3, 0.4) is 0 Å². The number of aromatic nitrogens is 2. The SMILES string of the molecule is CC1(C)c2cc(-c3ccc(-c4cc(-c5cccc(-c6ccccc6)c5)nc(-c5ccc(-c6ccccc6)cc5)n4)c4ccccc34)ccc2-c2ccc3ccccc3c21. The Kier molecular flexibility index (Phi) is 8.20. The second-order valence-electron chi connectivity index (χ2n) is 16.2. The Bertz CT molecular complexity index is 3220. The molecule has 0 saturated heterocycles. The van der Waals surface area contributed by atoms with Crippen LogP contribution in [-0.4, -0.2) is 9.97 Å². The summed E-state index contributed by atoms with van der Waals surface area (Å²) in [5, 5.41) is 4.99. The van der Waals surface area contributed by atoms with Crippen molar-refractivity contribution in [2.24, 2.45) is 0 Å². The summed E-state index contributed by atoms with van der Waals surface area (Å²) in [6.45, 7) is 4.76. The van der Waals surface area contributed by atoms with Crippen LogP contribution >= 0.6 is 0 Å². The van der Waals surface area contributed by atoms with Gasteiger partial charge in [0.1, 0.15) is 0 Å². The van der Waals surface area contributed by atoms with Crippen LogP contribution in [0.2, 0.25) is 0 Å². The topological polar surface area (TPSA) is 25.8 Å². The first-order valence-corrected chi connectivity index (χ1v) is 20.4. The van der Waals surface area contributed by atoms with Gasteiger partial charge >= 0.3 is 0 Å². The van der Waals surface area contributed by atoms with Gasteiger partial charge in [0.15, 0.2) is 5.82 Å². The summed E-state index contributed by atoms with van der Waals surface area (Å²) in [5.41, 5.74) is 17.3. The average molecular weight is 753 g/mol. The molecule has 1 heterocycles. The molecule has 59 heavy (non-hydrogen) atoms. The predicted octanol–water partition coefficient (Wildman–Crippen LogP) is 15.1. The molecular formula is C57H40N2. The Morgan fingerprint density at radius 3 is 1.61 bits per heavy atom. The van der Waals surface area contributed by atoms with Crippen molar-refractivity contribution in [3.05, 3.63) is 217 Å². The fourth-order valence-electron chi connectivity index (χ4n) is 9.34. The van der Waals surface area contributed by atoms with E-state index in [1.165, 1.54) is 60.7 Å². The van der Waals surface area contributed by atoms with Crippen molar-refractivity contribution in [2.75, 3.05) is 0 Å². The Morgan fingerprint density at radius 2 is 0.847 bits per heavy atom. The molecule has 9 aromatic carbocycles. The van der Waals surface area contributed by atoms with Crippen LogP contribution in [0.5, 0.6) is 0 Å². The molecule has 0 amide bonds. The molecule has 1 aliphatic rings. The van der Waals surface area contributed by atoms with Crippen LogP contribution in [-0.2, 0) is 5.41 Å². The molecule has 0 fully saturated rings. The Labute approximate surface area is 345 Å². The van der Waals surface area contributed by atoms with Gasteiger partial charge < -0.3 is 0 Å². The van der Waals surface area contributed by atoms with E-state index in [-0.39, 0.29) is 5.41 Å². The van der Waals surface area contributed by atoms with Crippen molar-refractivity contribution in [1.82, 2.24) is 9.97 Å². The molecule has 10 aromatic rings. The first-order chi connectivity index (χ1) is 29.0. The van der Waals surface area contributed by atoms with E-state index in [4.69, 9.17) is 9.97 Å². The minimum atomic E-state index is -0.137. The van der Waals surface area contributed by atoms with Gasteiger partial charge in [-0.1, -0.05) is 202 Å². The van der Waals surface area contributed by atoms with E-state index in [0.29, 0.717) is 5.82 Å². The zero-order valence-electron chi connectivity index (χ0n) is 33.0. The summed E-state index contributed by atoms with van der Waals surface area (Å²) < 4.78 is 0. The van der Waals surface area contributed by atoms with Gasteiger partial charge in [-0.15, -0.1) is 0 Å². The zero-order valence-corrected chi connectivity index (χ0v) is 33.0. The summed E-state index contributed by atoms with van der Waals surface area (Å²) in [7, 11) is 0. The third-order valence-electron chi connectivity index (χ3n) is 12.3. The van der Waals surface area contributed by atoms with Crippen molar-refractivity contribution in [2.45, 2.75) is 19.3 Å². The normalized spacial score (nSPS) is 12.7. The average Bonchev–Trinajstić information content (AvgIpc) is 3.54. The van der Waals surface area contributed by atoms with Gasteiger partial charge in [-0.05, 0) is 95.4 Å². The summed E-state index contributed by atoms with van der Waals surface area (Å²) >= 11 is 0. The third-order valence-corrected chi connectivity index (χ3v) is 12.3. The van der Waals surface area contributed by atoms with E-state index in [1.54, 1.807) is 0 Å². The molecule has 278 valence electrons. The molecule has 0 aliphatic heterocycles. The molecule has 0 unspecified atom stereocenters. The van der Waals surface area contributed by atoms with Crippen LogP contribution in [0.1, 0.15) is 25.0 Å². The smallest absolute Gasteiger partial charge is 0.160 e. The fourth-order valence-corrected chi connectivity index (χ4v) is 9.34. The third kappa shape index (κ3) is 5.96. The van der Waals surface area contributed by atoms with Gasteiger partial charge in [0.2, 0.25) is 0 Å². The first kappa shape index (κ1) is 34.8. The number of nitrogens with zero attached hydrogens (tertiary/aromatic N) is 2. The van der Waals surface area contributed by atoms with Crippen LogP contribution in [0.15, 0.2) is 206 Å². The van der Waals surface area contributed by atoms with Crippen LogP contribution in [0, 0.1) is 0 Å². The molecule has 0 spiro atoms. The van der Waals surface area contributed by atoms with Crippen molar-refractivity contribution in [3.63, 3.8) is 0 Å². The highest BCUT2D eigenvalue weighted by Crippen LogP contribution is 2.52. The van der Waals surface area contributed by atoms with E-state index in [1.807, 2.05) is 0 Å². The Hall–Kier alpha value is -7.42. The van der Waals surface area contributed by atoms with E-state index in [2.05, 4.69) is 220 Å². The fraction of sp³-hybridized carbons (Fsp3) is 0.0526. The summed E-state index contributed by atoms with van der Waals surface area (Å²) in [4.78, 5) is 10.6. The van der Waals surface area contributed by atoms with Crippen molar-refractivity contribution < 1.29 is 0 Å². The second kappa shape index (κ2) is 13.9. The predicted molar refractivity (Wildman–Crippen MR) is 247 cm³/mol. The standard InChI is InChI=1S/C57H40N2/c1-57(2)52-35-43(29-30-49(52)51-31-28-40-18-9-10-21-46(40)55(51)57)45-32-33-50(48-23-12-11-22-47(45)48)54-36-53(44-20-13-19-42(34-44)38-16-7-4-8-17-38)58-56(59-54)41-26-24-39(25-27-41)37-14-5-3-6-15-37/h3-36H,1-2H3. The zero-order chi connectivity index (χ0) is 39.5. The quantitative estimate of drug-likeness (QED) is 0.169. The van der Waals surface area contributed by atoms with E-state index >= 15 is 0 Å². The molecule has 0 N–H and O–H groups in total. The highest BCUT2D eigenvalue weighted by molar-refractivity contribution is 6.06. The molecule has 1 aromatic heterocycles. The van der Waals surface area contributed by atoms with E-state index in [9.17, 15) is 0 Å². The van der Waals surface area contributed by atoms with Crippen LogP contribution in [0.25, 0.3) is 100.0 Å². The minimum Gasteiger partial charge on any atom is -0.228 e. The van der Waals surface area contributed by atoms with Crippen molar-refractivity contribution in [3.8, 4) is 78.4 Å². The van der Waals surface area contributed by atoms with Gasteiger partial charge in [0.25, 0.3) is 0 Å². The Balaban J connectivity index is 1.05. The number of fused-ring (bicyclic) bond motifs is 6. The molecule has 11 rings (SSSR count). The largest absolute Gasteiger partial charge is 0.228 e. The minimum absolute atomic E-state index is 0.137. The second-order valence-corrected chi connectivity index (χ2v) is 16.2. The maximum absolute atomic E-state index is 5.34. The lowest BCUT2D eigenvalue weighted by Gasteiger charge is -2.24. The summed E-state index contributed by atoms with van der Waals surface area (Å²) in [6, 6.07) is 74.2. The lowest BCUT2D eigenvalue weighted by atomic mass is 9.79. The number of hydrogen-bond donors (Lipinski definition) is 0. The first-order valence-electron chi connectivity index (χ1n) is 20.4. The molecule has 2 nitrogen and oxygen atoms in total. The van der Waals surface area contributed by atoms with Gasteiger partial charge in [0, 0.05) is 22.1 Å². The lowest BCUT2D eigenvalue weighted by Crippen LogP contribution is -2.15. The number of hydrogen-bond acceptors (Lipinski definition) is 2. The van der Waals surface area contributed by atoms with E-state index in [0.717, 1.165) is 44.6 Å². The van der Waals surface area contributed by atoms with Gasteiger partial charge in [-0.2, -0.15) is 0 Å². The van der Waals surface area contributed by atoms with Crippen molar-refractivity contribution >= 4 is 21.5 Å². The maximum atomic E-state index is 5.34. The highest BCUT2D eigenvalue weighted by atomic mass is 14.9. The highest BCUT2D eigenvalue weighted by Gasteiger charge is 2.37. The van der Waals surface area contributed by atoms with Gasteiger partial charge in [-0.3, -0.25) is 0 Å². The molecule has 0 saturated carbocycles. The van der Waals surface area contributed by atoms with Crippen LogP contribution in [0.4, 0.5) is 0 Å². The molecule has 1 aliphatic carbocycles. The molecular weight excluding hydrogens is 713 g/mol. The monoisotopic (exact) mass is 752 g/mol. The lowest BCUT2D eigenvalue weighted by molar-refractivity contribution is 0.666. The maximum Gasteiger partial charge on any atom is 0.160 e. The van der Waals surface area contributed by atoms with Crippen LogP contribution < -0.4 is 0 Å². The van der Waals surface area contributed by atoms with Crippen molar-refractivity contribution in [1.29, 1.82) is 0 Å². The Morgan fingerprint density at radius 1 is 0.322 bits per heavy atom. The molecule has 0 bridgehead atoms. The number of benzene rings is 9. The number of rotatable bonds is 6. The van der Waals surface area contributed by atoms with E-state index < -0.39 is 0 Å². The van der Waals surface area contributed by atoms with Gasteiger partial charge in [0.05, 0.1) is 11.4 Å². The van der Waals surface area contributed by atoms with Gasteiger partial charge in [-0.25, -0.2) is 9.97 Å².